The molecule has 50 heavy (non-hydrogen) atoms. The third-order valence-electron chi connectivity index (χ3n) is 8.02. The Morgan fingerprint density at radius 3 is 2.36 bits per heavy atom. The number of allylic oxidation sites excluding steroid dienone is 1. The maximum Gasteiger partial charge on any atom is 0.297 e. The first kappa shape index (κ1) is 33.6. The molecule has 6 aromatic rings. The van der Waals surface area contributed by atoms with E-state index in [1.807, 2.05) is 48.0 Å². The SMILES string of the molecule is Cc1ccc(S(=O)(=O)OCCn2ccc3ncnc(Nc4ccc(OC5=CN(Cc6ccccc6)S(Cc6ccccc6)=C5)c(Cl)c4)c32)cc1. The Balaban J connectivity index is 1.05. The third kappa shape index (κ3) is 7.92. The van der Waals surface area contributed by atoms with Crippen LogP contribution in [-0.2, 0) is 33.1 Å². The summed E-state index contributed by atoms with van der Waals surface area (Å²) in [5.74, 6) is 2.69. The highest BCUT2D eigenvalue weighted by atomic mass is 35.5. The Morgan fingerprint density at radius 2 is 1.62 bits per heavy atom. The molecule has 0 radical (unpaired) electrons. The molecule has 9 nitrogen and oxygen atoms in total. The summed E-state index contributed by atoms with van der Waals surface area (Å²) in [6.45, 7) is 2.87. The Kier molecular flexibility index (Phi) is 9.99. The predicted octanol–water partition coefficient (Wildman–Crippen LogP) is 8.46. The number of anilines is 2. The van der Waals surface area contributed by atoms with E-state index in [0.717, 1.165) is 23.6 Å². The van der Waals surface area contributed by atoms with Crippen molar-refractivity contribution in [2.75, 3.05) is 11.9 Å². The van der Waals surface area contributed by atoms with Gasteiger partial charge in [0, 0.05) is 29.5 Å². The van der Waals surface area contributed by atoms with Gasteiger partial charge in [0.05, 0.1) is 34.8 Å². The van der Waals surface area contributed by atoms with Crippen molar-refractivity contribution in [3.63, 3.8) is 0 Å². The molecule has 4 aromatic carbocycles. The van der Waals surface area contributed by atoms with Gasteiger partial charge in [-0.05, 0) is 54.4 Å². The van der Waals surface area contributed by atoms with E-state index in [1.165, 1.54) is 17.5 Å². The molecule has 1 atom stereocenters. The lowest BCUT2D eigenvalue weighted by atomic mass is 10.2. The van der Waals surface area contributed by atoms with Crippen molar-refractivity contribution in [1.82, 2.24) is 18.8 Å². The van der Waals surface area contributed by atoms with Crippen molar-refractivity contribution in [3.05, 3.63) is 155 Å². The first-order chi connectivity index (χ1) is 24.3. The van der Waals surface area contributed by atoms with Crippen molar-refractivity contribution in [2.45, 2.75) is 30.7 Å². The number of hydrogen-bond acceptors (Lipinski definition) is 8. The van der Waals surface area contributed by atoms with Gasteiger partial charge in [-0.15, -0.1) is 0 Å². The van der Waals surface area contributed by atoms with E-state index in [4.69, 9.17) is 20.5 Å². The van der Waals surface area contributed by atoms with Crippen molar-refractivity contribution >= 4 is 60.3 Å². The third-order valence-corrected chi connectivity index (χ3v) is 11.6. The summed E-state index contributed by atoms with van der Waals surface area (Å²) < 4.78 is 41.3. The van der Waals surface area contributed by atoms with Gasteiger partial charge in [0.25, 0.3) is 10.1 Å². The molecule has 0 saturated heterocycles. The smallest absolute Gasteiger partial charge is 0.297 e. The molecule has 0 saturated carbocycles. The lowest BCUT2D eigenvalue weighted by molar-refractivity contribution is 0.302. The van der Waals surface area contributed by atoms with Gasteiger partial charge in [-0.3, -0.25) is 4.18 Å². The molecular weight excluding hydrogens is 690 g/mol. The van der Waals surface area contributed by atoms with Gasteiger partial charge in [0.2, 0.25) is 0 Å². The summed E-state index contributed by atoms with van der Waals surface area (Å²) in [5, 5.41) is 5.94. The highest BCUT2D eigenvalue weighted by Gasteiger charge is 2.19. The van der Waals surface area contributed by atoms with Crippen LogP contribution in [0.1, 0.15) is 16.7 Å². The number of nitrogens with one attached hydrogen (secondary N) is 1. The minimum Gasteiger partial charge on any atom is -0.454 e. The number of ether oxygens (including phenoxy) is 1. The van der Waals surface area contributed by atoms with Crippen LogP contribution in [0, 0.1) is 6.92 Å². The summed E-state index contributed by atoms with van der Waals surface area (Å²) in [6, 6.07) is 34.8. The molecule has 0 aliphatic carbocycles. The van der Waals surface area contributed by atoms with Crippen molar-refractivity contribution in [1.29, 1.82) is 0 Å². The molecule has 0 bridgehead atoms. The Morgan fingerprint density at radius 1 is 0.880 bits per heavy atom. The number of fused-ring (bicyclic) bond motifs is 1. The second kappa shape index (κ2) is 14.9. The number of halogens is 1. The van der Waals surface area contributed by atoms with Crippen LogP contribution in [0.5, 0.6) is 5.75 Å². The molecule has 2 aromatic heterocycles. The molecule has 1 aliphatic rings. The second-order valence-electron chi connectivity index (χ2n) is 11.7. The van der Waals surface area contributed by atoms with Crippen LogP contribution >= 0.6 is 22.3 Å². The quantitative estimate of drug-likeness (QED) is 0.0937. The molecule has 3 heterocycles. The monoisotopic (exact) mass is 723 g/mol. The molecular formula is C38H34ClN5O4S2. The van der Waals surface area contributed by atoms with Gasteiger partial charge in [0.1, 0.15) is 17.6 Å². The van der Waals surface area contributed by atoms with Crippen LogP contribution in [0.15, 0.2) is 139 Å². The van der Waals surface area contributed by atoms with E-state index < -0.39 is 10.1 Å². The van der Waals surface area contributed by atoms with Crippen molar-refractivity contribution in [2.24, 2.45) is 0 Å². The van der Waals surface area contributed by atoms with E-state index in [0.29, 0.717) is 33.3 Å². The number of rotatable bonds is 13. The molecule has 1 N–H and O–H groups in total. The number of benzene rings is 4. The lowest BCUT2D eigenvalue weighted by Crippen LogP contribution is -2.12. The highest BCUT2D eigenvalue weighted by Crippen LogP contribution is 2.36. The average Bonchev–Trinajstić information content (AvgIpc) is 3.70. The van der Waals surface area contributed by atoms with Crippen LogP contribution in [-0.4, -0.2) is 39.2 Å². The van der Waals surface area contributed by atoms with E-state index in [1.54, 1.807) is 30.3 Å². The standard InChI is InChI=1S/C38H34ClN5O4S2/c1-28-12-15-33(16-13-28)50(45,46)47-21-20-43-19-18-35-37(43)38(41-27-40-35)42-31-14-17-36(34(39)22-31)48-32-24-44(23-29-8-4-2-5-9-29)49(26-32)25-30-10-6-3-7-11-30/h2-19,22,24,26-27H,20-21,23,25H2,1H3,(H,40,41,42). The Bertz CT molecular complexity index is 2300. The first-order valence-corrected chi connectivity index (χ1v) is 19.1. The summed E-state index contributed by atoms with van der Waals surface area (Å²) in [4.78, 5) is 8.97. The van der Waals surface area contributed by atoms with E-state index in [9.17, 15) is 8.42 Å². The zero-order chi connectivity index (χ0) is 34.5. The van der Waals surface area contributed by atoms with E-state index in [2.05, 4.69) is 79.7 Å². The maximum atomic E-state index is 12.7. The molecule has 7 rings (SSSR count). The summed E-state index contributed by atoms with van der Waals surface area (Å²) in [5.41, 5.74) is 5.56. The Labute approximate surface area is 299 Å². The number of nitrogens with zero attached hydrogens (tertiary/aromatic N) is 4. The summed E-state index contributed by atoms with van der Waals surface area (Å²) in [6.07, 6.45) is 5.36. The van der Waals surface area contributed by atoms with Crippen LogP contribution in [0.2, 0.25) is 5.02 Å². The fourth-order valence-electron chi connectivity index (χ4n) is 5.51. The highest BCUT2D eigenvalue weighted by molar-refractivity contribution is 8.12. The van der Waals surface area contributed by atoms with E-state index in [-0.39, 0.29) is 28.7 Å². The normalized spacial score (nSPS) is 14.4. The van der Waals surface area contributed by atoms with Gasteiger partial charge in [0.15, 0.2) is 11.6 Å². The summed E-state index contributed by atoms with van der Waals surface area (Å²) >= 11 is 6.78. The Hall–Kier alpha value is -4.94. The fourth-order valence-corrected chi connectivity index (χ4v) is 8.48. The minimum absolute atomic E-state index is 0.0609. The van der Waals surface area contributed by atoms with E-state index >= 15 is 0 Å². The molecule has 0 amide bonds. The van der Waals surface area contributed by atoms with Gasteiger partial charge in [-0.25, -0.2) is 9.97 Å². The fraction of sp³-hybridized carbons (Fsp3) is 0.132. The predicted molar refractivity (Wildman–Crippen MR) is 201 cm³/mol. The number of hydrogen-bond donors (Lipinski definition) is 1. The first-order valence-electron chi connectivity index (χ1n) is 15.9. The van der Waals surface area contributed by atoms with Gasteiger partial charge in [-0.1, -0.05) is 101 Å². The lowest BCUT2D eigenvalue weighted by Gasteiger charge is -2.21. The van der Waals surface area contributed by atoms with Crippen LogP contribution < -0.4 is 10.1 Å². The van der Waals surface area contributed by atoms with Crippen LogP contribution in [0.4, 0.5) is 11.5 Å². The van der Waals surface area contributed by atoms with Crippen molar-refractivity contribution in [3.8, 4) is 5.75 Å². The molecule has 254 valence electrons. The van der Waals surface area contributed by atoms with Gasteiger partial charge in [-0.2, -0.15) is 8.42 Å². The molecule has 1 aliphatic heterocycles. The second-order valence-corrected chi connectivity index (χ2v) is 15.5. The van der Waals surface area contributed by atoms with Gasteiger partial charge >= 0.3 is 0 Å². The number of aromatic nitrogens is 3. The average molecular weight is 724 g/mol. The zero-order valence-electron chi connectivity index (χ0n) is 27.1. The minimum atomic E-state index is -3.89. The summed E-state index contributed by atoms with van der Waals surface area (Å²) in [7, 11) is -4.10. The van der Waals surface area contributed by atoms with Crippen molar-refractivity contribution < 1.29 is 17.3 Å². The van der Waals surface area contributed by atoms with Crippen LogP contribution in [0.3, 0.4) is 0 Å². The van der Waals surface area contributed by atoms with Crippen LogP contribution in [0.25, 0.3) is 11.0 Å². The topological polar surface area (TPSA) is 98.6 Å². The van der Waals surface area contributed by atoms with Gasteiger partial charge < -0.3 is 18.9 Å². The molecule has 12 heteroatoms. The molecule has 0 spiro atoms. The molecule has 1 unspecified atom stereocenters. The number of aryl methyl sites for hydroxylation is 1. The maximum absolute atomic E-state index is 12.7. The largest absolute Gasteiger partial charge is 0.454 e. The molecule has 0 fully saturated rings. The zero-order valence-corrected chi connectivity index (χ0v) is 29.5.